The smallest absolute Gasteiger partial charge is 0.261 e. The van der Waals surface area contributed by atoms with Crippen molar-refractivity contribution >= 4 is 43.9 Å². The molecule has 7 nitrogen and oxygen atoms in total. The van der Waals surface area contributed by atoms with Gasteiger partial charge >= 0.3 is 0 Å². The summed E-state index contributed by atoms with van der Waals surface area (Å²) in [6.07, 6.45) is 0. The highest BCUT2D eigenvalue weighted by Gasteiger charge is 2.20. The van der Waals surface area contributed by atoms with Crippen molar-refractivity contribution in [1.29, 1.82) is 0 Å². The van der Waals surface area contributed by atoms with Gasteiger partial charge in [0.05, 0.1) is 21.7 Å². The number of carbonyl (C=O) groups excluding carboxylic acids is 2. The van der Waals surface area contributed by atoms with Crippen LogP contribution < -0.4 is 15.8 Å². The Morgan fingerprint density at radius 2 is 1.64 bits per heavy atom. The summed E-state index contributed by atoms with van der Waals surface area (Å²) < 4.78 is 27.7. The lowest BCUT2D eigenvalue weighted by Gasteiger charge is -2.13. The van der Waals surface area contributed by atoms with Gasteiger partial charge in [0.2, 0.25) is 0 Å². The van der Waals surface area contributed by atoms with Gasteiger partial charge in [-0.2, -0.15) is 0 Å². The molecule has 0 bridgehead atoms. The number of thiophene rings is 1. The third-order valence-corrected chi connectivity index (χ3v) is 6.12. The Kier molecular flexibility index (Phi) is 5.48. The zero-order valence-electron chi connectivity index (χ0n) is 14.8. The Balaban J connectivity index is 1.88. The van der Waals surface area contributed by atoms with Crippen molar-refractivity contribution in [3.05, 3.63) is 76.7 Å². The van der Waals surface area contributed by atoms with Gasteiger partial charge < -0.3 is 11.1 Å². The largest absolute Gasteiger partial charge is 0.366 e. The fourth-order valence-electron chi connectivity index (χ4n) is 2.46. The summed E-state index contributed by atoms with van der Waals surface area (Å²) in [6.45, 7) is 1.86. The van der Waals surface area contributed by atoms with Crippen LogP contribution in [0.5, 0.6) is 0 Å². The van der Waals surface area contributed by atoms with E-state index in [1.165, 1.54) is 30.3 Å². The zero-order chi connectivity index (χ0) is 20.3. The fourth-order valence-corrected chi connectivity index (χ4v) is 4.33. The van der Waals surface area contributed by atoms with E-state index in [0.29, 0.717) is 5.00 Å². The molecule has 9 heteroatoms. The van der Waals surface area contributed by atoms with Gasteiger partial charge in [-0.25, -0.2) is 8.42 Å². The molecule has 0 saturated carbocycles. The summed E-state index contributed by atoms with van der Waals surface area (Å²) in [7, 11) is -3.87. The van der Waals surface area contributed by atoms with Gasteiger partial charge in [0.25, 0.3) is 21.8 Å². The molecule has 0 fully saturated rings. The predicted molar refractivity (Wildman–Crippen MR) is 109 cm³/mol. The van der Waals surface area contributed by atoms with Gasteiger partial charge in [0, 0.05) is 0 Å². The summed E-state index contributed by atoms with van der Waals surface area (Å²) >= 11 is 1.15. The number of aryl methyl sites for hydroxylation is 1. The Morgan fingerprint density at radius 1 is 0.964 bits per heavy atom. The van der Waals surface area contributed by atoms with Gasteiger partial charge in [-0.05, 0) is 42.6 Å². The van der Waals surface area contributed by atoms with Crippen molar-refractivity contribution in [1.82, 2.24) is 0 Å². The molecule has 2 aromatic carbocycles. The number of para-hydroxylation sites is 1. The third kappa shape index (κ3) is 4.21. The van der Waals surface area contributed by atoms with Crippen molar-refractivity contribution in [2.24, 2.45) is 5.73 Å². The number of anilines is 2. The van der Waals surface area contributed by atoms with E-state index in [-0.39, 0.29) is 21.7 Å². The van der Waals surface area contributed by atoms with Crippen molar-refractivity contribution < 1.29 is 18.0 Å². The van der Waals surface area contributed by atoms with Crippen LogP contribution in [0, 0.1) is 6.92 Å². The second-order valence-electron chi connectivity index (χ2n) is 5.95. The molecule has 0 spiro atoms. The van der Waals surface area contributed by atoms with Crippen LogP contribution >= 0.6 is 11.3 Å². The maximum atomic E-state index is 12.7. The molecule has 0 aliphatic rings. The Labute approximate surface area is 166 Å². The van der Waals surface area contributed by atoms with Gasteiger partial charge in [0.15, 0.2) is 0 Å². The Hall–Kier alpha value is -3.17. The summed E-state index contributed by atoms with van der Waals surface area (Å²) in [5.74, 6) is -1.22. The third-order valence-electron chi connectivity index (χ3n) is 3.91. The van der Waals surface area contributed by atoms with E-state index in [4.69, 9.17) is 5.73 Å². The number of nitrogens with two attached hydrogens (primary N) is 1. The molecule has 3 rings (SSSR count). The van der Waals surface area contributed by atoms with Crippen LogP contribution in [-0.4, -0.2) is 20.2 Å². The number of amides is 2. The maximum absolute atomic E-state index is 12.7. The number of sulfonamides is 1. The lowest BCUT2D eigenvalue weighted by Crippen LogP contribution is -2.20. The first-order valence-electron chi connectivity index (χ1n) is 8.15. The number of primary amides is 1. The van der Waals surface area contributed by atoms with Crippen molar-refractivity contribution in [2.75, 3.05) is 10.0 Å². The van der Waals surface area contributed by atoms with E-state index in [2.05, 4.69) is 10.0 Å². The minimum atomic E-state index is -3.87. The van der Waals surface area contributed by atoms with Crippen LogP contribution in [0.4, 0.5) is 10.7 Å². The van der Waals surface area contributed by atoms with E-state index in [0.717, 1.165) is 16.9 Å². The van der Waals surface area contributed by atoms with E-state index in [1.54, 1.807) is 29.6 Å². The molecule has 0 atom stereocenters. The molecule has 1 aromatic heterocycles. The van der Waals surface area contributed by atoms with E-state index in [9.17, 15) is 18.0 Å². The molecule has 144 valence electrons. The number of carbonyl (C=O) groups is 2. The average Bonchev–Trinajstić information content (AvgIpc) is 3.10. The number of hydrogen-bond acceptors (Lipinski definition) is 5. The number of nitrogens with one attached hydrogen (secondary N) is 2. The van der Waals surface area contributed by atoms with Gasteiger partial charge in [-0.1, -0.05) is 29.8 Å². The van der Waals surface area contributed by atoms with Crippen molar-refractivity contribution in [3.8, 4) is 0 Å². The zero-order valence-corrected chi connectivity index (χ0v) is 16.4. The first kappa shape index (κ1) is 19.6. The summed E-state index contributed by atoms with van der Waals surface area (Å²) in [5.41, 5.74) is 6.64. The summed E-state index contributed by atoms with van der Waals surface area (Å²) in [5, 5.41) is 4.53. The van der Waals surface area contributed by atoms with Crippen LogP contribution in [0.1, 0.15) is 26.3 Å². The second-order valence-corrected chi connectivity index (χ2v) is 8.54. The Morgan fingerprint density at radius 3 is 2.32 bits per heavy atom. The molecular formula is C19H17N3O4S2. The first-order valence-corrected chi connectivity index (χ1v) is 10.5. The molecule has 2 amide bonds. The number of hydrogen-bond donors (Lipinski definition) is 3. The quantitative estimate of drug-likeness (QED) is 0.573. The molecule has 28 heavy (non-hydrogen) atoms. The lowest BCUT2D eigenvalue weighted by atomic mass is 10.1. The molecule has 0 radical (unpaired) electrons. The maximum Gasteiger partial charge on any atom is 0.261 e. The molecule has 0 aliphatic heterocycles. The first-order chi connectivity index (χ1) is 13.3. The van der Waals surface area contributed by atoms with Crippen molar-refractivity contribution in [3.63, 3.8) is 0 Å². The fraction of sp³-hybridized carbons (Fsp3) is 0.0526. The topological polar surface area (TPSA) is 118 Å². The van der Waals surface area contributed by atoms with E-state index >= 15 is 0 Å². The molecular weight excluding hydrogens is 398 g/mol. The van der Waals surface area contributed by atoms with Gasteiger partial charge in [-0.15, -0.1) is 11.3 Å². The van der Waals surface area contributed by atoms with E-state index < -0.39 is 21.8 Å². The number of rotatable bonds is 6. The number of benzene rings is 2. The van der Waals surface area contributed by atoms with Gasteiger partial charge in [-0.3, -0.25) is 14.3 Å². The van der Waals surface area contributed by atoms with Crippen LogP contribution in [0.3, 0.4) is 0 Å². The molecule has 3 aromatic rings. The van der Waals surface area contributed by atoms with Crippen LogP contribution in [0.2, 0.25) is 0 Å². The molecule has 0 aliphatic carbocycles. The average molecular weight is 415 g/mol. The molecule has 0 unspecified atom stereocenters. The molecule has 0 saturated heterocycles. The molecule has 4 N–H and O–H groups in total. The molecule has 1 heterocycles. The van der Waals surface area contributed by atoms with Crippen LogP contribution in [0.25, 0.3) is 0 Å². The van der Waals surface area contributed by atoms with Crippen LogP contribution in [0.15, 0.2) is 64.9 Å². The normalized spacial score (nSPS) is 11.0. The van der Waals surface area contributed by atoms with E-state index in [1.807, 2.05) is 6.92 Å². The Bertz CT molecular complexity index is 1140. The summed E-state index contributed by atoms with van der Waals surface area (Å²) in [4.78, 5) is 24.2. The minimum absolute atomic E-state index is 0.0857. The minimum Gasteiger partial charge on any atom is -0.366 e. The van der Waals surface area contributed by atoms with Crippen molar-refractivity contribution in [2.45, 2.75) is 11.8 Å². The monoisotopic (exact) mass is 415 g/mol. The second kappa shape index (κ2) is 7.83. The highest BCUT2D eigenvalue weighted by Crippen LogP contribution is 2.26. The van der Waals surface area contributed by atoms with Crippen LogP contribution in [-0.2, 0) is 10.0 Å². The highest BCUT2D eigenvalue weighted by atomic mass is 32.2. The highest BCUT2D eigenvalue weighted by molar-refractivity contribution is 7.92. The lowest BCUT2D eigenvalue weighted by molar-refractivity contribution is 0.100. The predicted octanol–water partition coefficient (Wildman–Crippen LogP) is 3.21. The SMILES string of the molecule is Cc1ccc(S(=O)(=O)Nc2ccccc2C(=O)Nc2sccc2C(N)=O)cc1. The van der Waals surface area contributed by atoms with Gasteiger partial charge in [0.1, 0.15) is 5.00 Å². The summed E-state index contributed by atoms with van der Waals surface area (Å²) in [6, 6.07) is 14.1. The standard InChI is InChI=1S/C19H17N3O4S2/c1-12-6-8-13(9-7-12)28(25,26)22-16-5-3-2-4-14(16)18(24)21-19-15(17(20)23)10-11-27-19/h2-11,22H,1H3,(H2,20,23)(H,21,24).